The Hall–Kier alpha value is -2.04. The summed E-state index contributed by atoms with van der Waals surface area (Å²) in [6, 6.07) is 5.43. The first-order chi connectivity index (χ1) is 7.68. The van der Waals surface area contributed by atoms with Crippen molar-refractivity contribution in [2.75, 3.05) is 0 Å². The van der Waals surface area contributed by atoms with Crippen LogP contribution in [-0.2, 0) is 4.79 Å². The summed E-state index contributed by atoms with van der Waals surface area (Å²) in [7, 11) is 0. The molecular formula is C11H11N3O2. The van der Waals surface area contributed by atoms with Crippen LogP contribution in [0.1, 0.15) is 25.7 Å². The summed E-state index contributed by atoms with van der Waals surface area (Å²) in [6.07, 6.45) is 1.65. The highest BCUT2D eigenvalue weighted by Crippen LogP contribution is 2.18. The number of pyridine rings is 1. The molecule has 2 rings (SSSR count). The largest absolute Gasteiger partial charge is 0.338 e. The quantitative estimate of drug-likeness (QED) is 0.784. The summed E-state index contributed by atoms with van der Waals surface area (Å²) < 4.78 is 5.02. The summed E-state index contributed by atoms with van der Waals surface area (Å²) in [4.78, 5) is 19.4. The smallest absolute Gasteiger partial charge is 0.237 e. The standard InChI is InChI=1S/C11H11N3O2/c1-7(8(2)15)11-13-10(14-16-11)9-5-3-4-6-12-9/h3-7H,1-2H3. The van der Waals surface area contributed by atoms with Gasteiger partial charge in [-0.3, -0.25) is 9.78 Å². The van der Waals surface area contributed by atoms with Crippen LogP contribution in [0.5, 0.6) is 0 Å². The third-order valence-electron chi connectivity index (χ3n) is 2.32. The van der Waals surface area contributed by atoms with Crippen LogP contribution in [0, 0.1) is 0 Å². The summed E-state index contributed by atoms with van der Waals surface area (Å²) in [5, 5.41) is 3.79. The molecular weight excluding hydrogens is 206 g/mol. The normalized spacial score (nSPS) is 12.4. The predicted octanol–water partition coefficient (Wildman–Crippen LogP) is 1.82. The molecule has 82 valence electrons. The average molecular weight is 217 g/mol. The minimum Gasteiger partial charge on any atom is -0.338 e. The first-order valence-electron chi connectivity index (χ1n) is 4.94. The summed E-state index contributed by atoms with van der Waals surface area (Å²) in [6.45, 7) is 3.23. The van der Waals surface area contributed by atoms with Gasteiger partial charge in [0.15, 0.2) is 0 Å². The molecule has 2 heterocycles. The van der Waals surface area contributed by atoms with Crippen molar-refractivity contribution in [3.8, 4) is 11.5 Å². The van der Waals surface area contributed by atoms with Gasteiger partial charge in [0, 0.05) is 6.20 Å². The molecule has 0 aliphatic heterocycles. The molecule has 1 atom stereocenters. The van der Waals surface area contributed by atoms with E-state index in [-0.39, 0.29) is 11.7 Å². The average Bonchev–Trinajstić information content (AvgIpc) is 2.78. The third-order valence-corrected chi connectivity index (χ3v) is 2.32. The molecule has 0 fully saturated rings. The fourth-order valence-electron chi connectivity index (χ4n) is 1.18. The maximum atomic E-state index is 11.1. The Balaban J connectivity index is 2.30. The predicted molar refractivity (Wildman–Crippen MR) is 56.6 cm³/mol. The van der Waals surface area contributed by atoms with Crippen LogP contribution in [0.3, 0.4) is 0 Å². The van der Waals surface area contributed by atoms with Crippen LogP contribution in [-0.4, -0.2) is 20.9 Å². The van der Waals surface area contributed by atoms with Crippen molar-refractivity contribution in [3.63, 3.8) is 0 Å². The van der Waals surface area contributed by atoms with Crippen molar-refractivity contribution in [1.82, 2.24) is 15.1 Å². The highest BCUT2D eigenvalue weighted by molar-refractivity contribution is 5.81. The molecule has 0 aromatic carbocycles. The molecule has 0 bridgehead atoms. The van der Waals surface area contributed by atoms with E-state index in [1.54, 1.807) is 19.2 Å². The van der Waals surface area contributed by atoms with Crippen LogP contribution < -0.4 is 0 Å². The summed E-state index contributed by atoms with van der Waals surface area (Å²) in [5.74, 6) is 0.359. The van der Waals surface area contributed by atoms with Gasteiger partial charge in [0.05, 0.1) is 5.92 Å². The zero-order valence-corrected chi connectivity index (χ0v) is 9.04. The molecule has 5 nitrogen and oxygen atoms in total. The van der Waals surface area contributed by atoms with Gasteiger partial charge in [-0.2, -0.15) is 4.98 Å². The highest BCUT2D eigenvalue weighted by Gasteiger charge is 2.19. The Kier molecular flexibility index (Phi) is 2.76. The molecule has 0 aliphatic carbocycles. The number of hydrogen-bond donors (Lipinski definition) is 0. The molecule has 0 amide bonds. The lowest BCUT2D eigenvalue weighted by atomic mass is 10.1. The number of rotatable bonds is 3. The van der Waals surface area contributed by atoms with Gasteiger partial charge in [0.1, 0.15) is 11.5 Å². The Morgan fingerprint density at radius 2 is 2.25 bits per heavy atom. The molecule has 0 spiro atoms. The van der Waals surface area contributed by atoms with Crippen molar-refractivity contribution >= 4 is 5.78 Å². The Morgan fingerprint density at radius 1 is 1.44 bits per heavy atom. The van der Waals surface area contributed by atoms with Gasteiger partial charge in [-0.1, -0.05) is 11.2 Å². The van der Waals surface area contributed by atoms with Gasteiger partial charge in [-0.05, 0) is 26.0 Å². The first kappa shape index (κ1) is 10.5. The van der Waals surface area contributed by atoms with E-state index < -0.39 is 0 Å². The summed E-state index contributed by atoms with van der Waals surface area (Å²) in [5.41, 5.74) is 0.633. The van der Waals surface area contributed by atoms with Crippen molar-refractivity contribution in [1.29, 1.82) is 0 Å². The molecule has 1 unspecified atom stereocenters. The Morgan fingerprint density at radius 3 is 2.88 bits per heavy atom. The monoisotopic (exact) mass is 217 g/mol. The lowest BCUT2D eigenvalue weighted by molar-refractivity contribution is -0.118. The molecule has 0 aliphatic rings. The molecule has 0 saturated heterocycles. The maximum absolute atomic E-state index is 11.1. The first-order valence-corrected chi connectivity index (χ1v) is 4.94. The second-order valence-corrected chi connectivity index (χ2v) is 3.50. The SMILES string of the molecule is CC(=O)C(C)c1nc(-c2ccccn2)no1. The lowest BCUT2D eigenvalue weighted by Gasteiger charge is -1.97. The Bertz CT molecular complexity index is 493. The van der Waals surface area contributed by atoms with E-state index in [2.05, 4.69) is 15.1 Å². The van der Waals surface area contributed by atoms with E-state index in [9.17, 15) is 4.79 Å². The molecule has 5 heteroatoms. The van der Waals surface area contributed by atoms with Crippen LogP contribution in [0.15, 0.2) is 28.9 Å². The van der Waals surface area contributed by atoms with E-state index in [0.717, 1.165) is 0 Å². The van der Waals surface area contributed by atoms with Gasteiger partial charge >= 0.3 is 0 Å². The number of carbonyl (C=O) groups excluding carboxylic acids is 1. The van der Waals surface area contributed by atoms with E-state index in [1.807, 2.05) is 12.1 Å². The lowest BCUT2D eigenvalue weighted by Crippen LogP contribution is -2.04. The zero-order valence-electron chi connectivity index (χ0n) is 9.04. The molecule has 2 aromatic rings. The number of Topliss-reactive ketones (excluding diaryl/α,β-unsaturated/α-hetero) is 1. The second kappa shape index (κ2) is 4.22. The molecule has 0 N–H and O–H groups in total. The molecule has 0 radical (unpaired) electrons. The number of aromatic nitrogens is 3. The zero-order chi connectivity index (χ0) is 11.5. The van der Waals surface area contributed by atoms with Gasteiger partial charge in [0.25, 0.3) is 0 Å². The summed E-state index contributed by atoms with van der Waals surface area (Å²) >= 11 is 0. The van der Waals surface area contributed by atoms with Crippen molar-refractivity contribution in [2.24, 2.45) is 0 Å². The number of ketones is 1. The van der Waals surface area contributed by atoms with Crippen LogP contribution in [0.2, 0.25) is 0 Å². The van der Waals surface area contributed by atoms with E-state index in [1.165, 1.54) is 6.92 Å². The second-order valence-electron chi connectivity index (χ2n) is 3.50. The maximum Gasteiger partial charge on any atom is 0.237 e. The van der Waals surface area contributed by atoms with Crippen LogP contribution in [0.4, 0.5) is 0 Å². The fourth-order valence-corrected chi connectivity index (χ4v) is 1.18. The van der Waals surface area contributed by atoms with Crippen molar-refractivity contribution in [2.45, 2.75) is 19.8 Å². The third kappa shape index (κ3) is 1.98. The highest BCUT2D eigenvalue weighted by atomic mass is 16.5. The van der Waals surface area contributed by atoms with Gasteiger partial charge in [0.2, 0.25) is 11.7 Å². The van der Waals surface area contributed by atoms with Crippen LogP contribution >= 0.6 is 0 Å². The number of hydrogen-bond acceptors (Lipinski definition) is 5. The fraction of sp³-hybridized carbons (Fsp3) is 0.273. The minimum absolute atomic E-state index is 0.00350. The van der Waals surface area contributed by atoms with E-state index in [0.29, 0.717) is 17.4 Å². The van der Waals surface area contributed by atoms with E-state index >= 15 is 0 Å². The topological polar surface area (TPSA) is 68.9 Å². The molecule has 2 aromatic heterocycles. The van der Waals surface area contributed by atoms with E-state index in [4.69, 9.17) is 4.52 Å². The number of nitrogens with zero attached hydrogens (tertiary/aromatic N) is 3. The van der Waals surface area contributed by atoms with Crippen molar-refractivity contribution < 1.29 is 9.32 Å². The minimum atomic E-state index is -0.370. The van der Waals surface area contributed by atoms with Gasteiger partial charge < -0.3 is 4.52 Å². The molecule has 0 saturated carbocycles. The van der Waals surface area contributed by atoms with Crippen molar-refractivity contribution in [3.05, 3.63) is 30.3 Å². The number of carbonyl (C=O) groups is 1. The molecule has 16 heavy (non-hydrogen) atoms. The van der Waals surface area contributed by atoms with Crippen LogP contribution in [0.25, 0.3) is 11.5 Å². The Labute approximate surface area is 92.5 Å². The van der Waals surface area contributed by atoms with Gasteiger partial charge in [-0.15, -0.1) is 0 Å². The van der Waals surface area contributed by atoms with Gasteiger partial charge in [-0.25, -0.2) is 0 Å².